The average Bonchev–Trinajstić information content (AvgIpc) is 3.44. The van der Waals surface area contributed by atoms with Crippen molar-refractivity contribution >= 4 is 28.0 Å². The molecule has 3 fully saturated rings. The molecule has 4 aromatic heterocycles. The van der Waals surface area contributed by atoms with E-state index in [9.17, 15) is 10.1 Å². The van der Waals surface area contributed by atoms with E-state index in [1.54, 1.807) is 13.3 Å². The fraction of sp³-hybridized carbons (Fsp3) is 0.382. The molecule has 8 rings (SSSR count). The van der Waals surface area contributed by atoms with Gasteiger partial charge in [-0.05, 0) is 86.4 Å². The van der Waals surface area contributed by atoms with Crippen LogP contribution in [-0.4, -0.2) is 60.6 Å². The highest BCUT2D eigenvalue weighted by Crippen LogP contribution is 2.40. The van der Waals surface area contributed by atoms with Crippen LogP contribution in [0.2, 0.25) is 0 Å². The van der Waals surface area contributed by atoms with E-state index in [-0.39, 0.29) is 18.0 Å². The second-order valence-electron chi connectivity index (χ2n) is 12.7. The molecule has 10 nitrogen and oxygen atoms in total. The highest BCUT2D eigenvalue weighted by Gasteiger charge is 2.47. The summed E-state index contributed by atoms with van der Waals surface area (Å²) in [5.41, 5.74) is 13.4. The molecule has 222 valence electrons. The van der Waals surface area contributed by atoms with E-state index >= 15 is 0 Å². The van der Waals surface area contributed by atoms with Crippen molar-refractivity contribution in [3.8, 4) is 34.6 Å². The summed E-state index contributed by atoms with van der Waals surface area (Å²) in [6.07, 6.45) is 6.17. The van der Waals surface area contributed by atoms with Gasteiger partial charge < -0.3 is 24.5 Å². The number of piperidine rings is 1. The van der Waals surface area contributed by atoms with Gasteiger partial charge in [-0.1, -0.05) is 0 Å². The monoisotopic (exact) mass is 586 g/mol. The molecule has 0 radical (unpaired) electrons. The second-order valence-corrected chi connectivity index (χ2v) is 12.7. The van der Waals surface area contributed by atoms with E-state index in [4.69, 9.17) is 20.4 Å². The lowest BCUT2D eigenvalue weighted by Crippen LogP contribution is -2.41. The maximum atomic E-state index is 13.7. The fourth-order valence-electron chi connectivity index (χ4n) is 7.32. The minimum absolute atomic E-state index is 0.00726. The molecule has 44 heavy (non-hydrogen) atoms. The first-order valence-corrected chi connectivity index (χ1v) is 15.3. The van der Waals surface area contributed by atoms with Gasteiger partial charge in [0.05, 0.1) is 24.0 Å². The Labute approximate surface area is 255 Å². The summed E-state index contributed by atoms with van der Waals surface area (Å²) in [6, 6.07) is 14.2. The van der Waals surface area contributed by atoms with Crippen molar-refractivity contribution in [2.75, 3.05) is 13.7 Å². The van der Waals surface area contributed by atoms with E-state index < -0.39 is 0 Å². The minimum atomic E-state index is -0.00726. The Kier molecular flexibility index (Phi) is 6.04. The summed E-state index contributed by atoms with van der Waals surface area (Å²) in [6.45, 7) is 3.46. The van der Waals surface area contributed by atoms with Crippen molar-refractivity contribution in [1.29, 1.82) is 5.26 Å². The number of nitriles is 1. The standard InChI is InChI=1S/C34H34N8O2/c1-18-10-23(15-37-26(18)14-35)24-8-6-20-12-28(41(32(20)38-24)16-19-4-5-19)33-39-25-11-22(13-29(44-3)31(25)40(33)2)34(43)42-17-21-7-9-27(42)30(21)36/h6,8,10-13,15,19,21,27,30H,4-5,7,9,16-17,36H2,1-3H3/t21?,27?,30-/m1/s1. The molecule has 2 bridgehead atoms. The number of carbonyl (C=O) groups excluding carboxylic acids is 1. The number of amides is 1. The van der Waals surface area contributed by atoms with Gasteiger partial charge in [-0.2, -0.15) is 5.26 Å². The Balaban J connectivity index is 1.24. The summed E-state index contributed by atoms with van der Waals surface area (Å²) in [5, 5.41) is 10.3. The number of aromatic nitrogens is 5. The Bertz CT molecular complexity index is 2030. The Morgan fingerprint density at radius 2 is 1.98 bits per heavy atom. The summed E-state index contributed by atoms with van der Waals surface area (Å²) < 4.78 is 10.2. The molecular formula is C34H34N8O2. The Morgan fingerprint density at radius 1 is 1.14 bits per heavy atom. The summed E-state index contributed by atoms with van der Waals surface area (Å²) in [4.78, 5) is 30.2. The molecule has 1 saturated heterocycles. The third kappa shape index (κ3) is 4.10. The van der Waals surface area contributed by atoms with Gasteiger partial charge in [-0.3, -0.25) is 4.79 Å². The van der Waals surface area contributed by atoms with Gasteiger partial charge in [0.25, 0.3) is 5.91 Å². The van der Waals surface area contributed by atoms with Crippen LogP contribution in [0.25, 0.3) is 44.8 Å². The maximum absolute atomic E-state index is 13.7. The molecule has 3 atom stereocenters. The van der Waals surface area contributed by atoms with E-state index in [0.717, 1.165) is 69.8 Å². The molecule has 2 saturated carbocycles. The van der Waals surface area contributed by atoms with Crippen LogP contribution in [0.5, 0.6) is 5.75 Å². The number of carbonyl (C=O) groups is 1. The first-order valence-electron chi connectivity index (χ1n) is 15.3. The predicted molar refractivity (Wildman–Crippen MR) is 167 cm³/mol. The minimum Gasteiger partial charge on any atom is -0.494 e. The fourth-order valence-corrected chi connectivity index (χ4v) is 7.32. The number of ether oxygens (including phenoxy) is 1. The third-order valence-corrected chi connectivity index (χ3v) is 9.91. The van der Waals surface area contributed by atoms with E-state index in [1.165, 1.54) is 12.8 Å². The number of methoxy groups -OCH3 is 1. The van der Waals surface area contributed by atoms with Gasteiger partial charge in [0, 0.05) is 54.9 Å². The van der Waals surface area contributed by atoms with Crippen molar-refractivity contribution < 1.29 is 9.53 Å². The van der Waals surface area contributed by atoms with Crippen LogP contribution >= 0.6 is 0 Å². The van der Waals surface area contributed by atoms with Crippen LogP contribution in [0, 0.1) is 30.1 Å². The summed E-state index contributed by atoms with van der Waals surface area (Å²) >= 11 is 0. The van der Waals surface area contributed by atoms with Crippen LogP contribution in [0.3, 0.4) is 0 Å². The van der Waals surface area contributed by atoms with Gasteiger partial charge in [0.1, 0.15) is 28.7 Å². The quantitative estimate of drug-likeness (QED) is 0.302. The van der Waals surface area contributed by atoms with Crippen molar-refractivity contribution in [3.63, 3.8) is 0 Å². The number of aryl methyl sites for hydroxylation is 2. The number of nitrogens with zero attached hydrogens (tertiary/aromatic N) is 7. The normalized spacial score (nSPS) is 21.0. The average molecular weight is 587 g/mol. The Hall–Kier alpha value is -4.75. The van der Waals surface area contributed by atoms with Crippen LogP contribution < -0.4 is 10.5 Å². The van der Waals surface area contributed by atoms with Gasteiger partial charge in [0.2, 0.25) is 0 Å². The molecule has 2 N–H and O–H groups in total. The number of benzene rings is 1. The Morgan fingerprint density at radius 3 is 2.66 bits per heavy atom. The summed E-state index contributed by atoms with van der Waals surface area (Å²) in [7, 11) is 3.63. The van der Waals surface area contributed by atoms with E-state index in [2.05, 4.69) is 32.3 Å². The van der Waals surface area contributed by atoms with Crippen molar-refractivity contribution in [2.45, 2.75) is 51.2 Å². The molecule has 2 aliphatic carbocycles. The number of nitrogens with two attached hydrogens (primary N) is 1. The lowest BCUT2D eigenvalue weighted by atomic mass is 10.1. The van der Waals surface area contributed by atoms with E-state index in [0.29, 0.717) is 35.4 Å². The number of likely N-dealkylation sites (tertiary alicyclic amines) is 1. The number of pyridine rings is 2. The van der Waals surface area contributed by atoms with Crippen LogP contribution in [0.4, 0.5) is 0 Å². The zero-order valence-electron chi connectivity index (χ0n) is 25.1. The number of fused-ring (bicyclic) bond motifs is 4. The van der Waals surface area contributed by atoms with Crippen LogP contribution in [0.15, 0.2) is 42.6 Å². The van der Waals surface area contributed by atoms with Gasteiger partial charge in [-0.25, -0.2) is 15.0 Å². The SMILES string of the molecule is COc1cc(C(=O)N2CC3CCC2[C@@H]3N)cc2nc(-c3cc4ccc(-c5cnc(C#N)c(C)c5)nc4n3CC3CC3)n(C)c12. The second kappa shape index (κ2) is 9.89. The molecule has 1 aromatic carbocycles. The molecule has 5 heterocycles. The lowest BCUT2D eigenvalue weighted by molar-refractivity contribution is 0.0700. The first kappa shape index (κ1) is 26.8. The van der Waals surface area contributed by atoms with E-state index in [1.807, 2.05) is 43.1 Å². The number of imidazole rings is 1. The van der Waals surface area contributed by atoms with Gasteiger partial charge in [-0.15, -0.1) is 0 Å². The van der Waals surface area contributed by atoms with Crippen molar-refractivity contribution in [1.82, 2.24) is 29.0 Å². The first-order chi connectivity index (χ1) is 21.3. The molecule has 1 amide bonds. The van der Waals surface area contributed by atoms with Crippen molar-refractivity contribution in [2.24, 2.45) is 24.6 Å². The molecule has 10 heteroatoms. The number of rotatable bonds is 6. The zero-order chi connectivity index (χ0) is 30.3. The smallest absolute Gasteiger partial charge is 0.254 e. The summed E-state index contributed by atoms with van der Waals surface area (Å²) in [5.74, 6) is 2.39. The molecular weight excluding hydrogens is 552 g/mol. The maximum Gasteiger partial charge on any atom is 0.254 e. The lowest BCUT2D eigenvalue weighted by Gasteiger charge is -2.27. The zero-order valence-corrected chi connectivity index (χ0v) is 25.1. The molecule has 3 aliphatic rings. The van der Waals surface area contributed by atoms with Gasteiger partial charge in [0.15, 0.2) is 5.82 Å². The van der Waals surface area contributed by atoms with Crippen LogP contribution in [0.1, 0.15) is 47.3 Å². The molecule has 2 unspecified atom stereocenters. The predicted octanol–water partition coefficient (Wildman–Crippen LogP) is 4.81. The molecule has 1 aliphatic heterocycles. The molecule has 0 spiro atoms. The topological polar surface area (TPSA) is 128 Å². The highest BCUT2D eigenvalue weighted by molar-refractivity contribution is 6.00. The van der Waals surface area contributed by atoms with Crippen LogP contribution in [-0.2, 0) is 13.6 Å². The highest BCUT2D eigenvalue weighted by atomic mass is 16.5. The molecule has 5 aromatic rings. The largest absolute Gasteiger partial charge is 0.494 e. The van der Waals surface area contributed by atoms with Gasteiger partial charge >= 0.3 is 0 Å². The van der Waals surface area contributed by atoms with Crippen molar-refractivity contribution in [3.05, 3.63) is 59.4 Å². The number of hydrogen-bond acceptors (Lipinski definition) is 7. The third-order valence-electron chi connectivity index (χ3n) is 9.91. The number of hydrogen-bond donors (Lipinski definition) is 1.